The van der Waals surface area contributed by atoms with E-state index in [2.05, 4.69) is 45.6 Å². The first-order chi connectivity index (χ1) is 9.20. The van der Waals surface area contributed by atoms with Crippen LogP contribution in [0.15, 0.2) is 28.7 Å². The number of hydrogen-bond acceptors (Lipinski definition) is 2. The lowest BCUT2D eigenvalue weighted by Gasteiger charge is -2.23. The summed E-state index contributed by atoms with van der Waals surface area (Å²) in [5.74, 6) is 0.146. The molecule has 2 atom stereocenters. The van der Waals surface area contributed by atoms with Crippen molar-refractivity contribution in [1.29, 1.82) is 0 Å². The second-order valence-corrected chi connectivity index (χ2v) is 5.93. The van der Waals surface area contributed by atoms with Crippen molar-refractivity contribution in [3.63, 3.8) is 0 Å². The Kier molecular flexibility index (Phi) is 5.40. The van der Waals surface area contributed by atoms with E-state index < -0.39 is 0 Å². The van der Waals surface area contributed by atoms with Crippen LogP contribution in [0.1, 0.15) is 44.2 Å². The molecule has 0 bridgehead atoms. The van der Waals surface area contributed by atoms with E-state index in [-0.39, 0.29) is 18.0 Å². The first kappa shape index (κ1) is 14.5. The molecule has 4 heteroatoms. The van der Waals surface area contributed by atoms with Crippen LogP contribution >= 0.6 is 15.9 Å². The van der Waals surface area contributed by atoms with E-state index in [0.29, 0.717) is 0 Å². The second kappa shape index (κ2) is 7.06. The highest BCUT2D eigenvalue weighted by Crippen LogP contribution is 2.21. The van der Waals surface area contributed by atoms with Crippen LogP contribution in [0, 0.1) is 0 Å². The van der Waals surface area contributed by atoms with Gasteiger partial charge in [0, 0.05) is 17.1 Å². The Bertz CT molecular complexity index is 419. The van der Waals surface area contributed by atoms with Crippen molar-refractivity contribution >= 4 is 21.8 Å². The number of rotatable bonds is 4. The lowest BCUT2D eigenvalue weighted by Crippen LogP contribution is -2.44. The molecule has 0 saturated carbocycles. The molecule has 2 N–H and O–H groups in total. The van der Waals surface area contributed by atoms with E-state index in [0.717, 1.165) is 36.7 Å². The Labute approximate surface area is 123 Å². The van der Waals surface area contributed by atoms with Crippen molar-refractivity contribution in [2.75, 3.05) is 6.54 Å². The monoisotopic (exact) mass is 324 g/mol. The summed E-state index contributed by atoms with van der Waals surface area (Å²) in [4.78, 5) is 12.0. The van der Waals surface area contributed by atoms with Crippen molar-refractivity contribution in [2.45, 2.75) is 44.7 Å². The largest absolute Gasteiger partial charge is 0.355 e. The zero-order valence-corrected chi connectivity index (χ0v) is 12.9. The van der Waals surface area contributed by atoms with Gasteiger partial charge in [0.25, 0.3) is 0 Å². The molecular weight excluding hydrogens is 304 g/mol. The van der Waals surface area contributed by atoms with Gasteiger partial charge in [-0.2, -0.15) is 0 Å². The second-order valence-electron chi connectivity index (χ2n) is 5.02. The van der Waals surface area contributed by atoms with Gasteiger partial charge in [0.05, 0.1) is 6.04 Å². The molecule has 0 aliphatic carbocycles. The van der Waals surface area contributed by atoms with Crippen LogP contribution in [0.4, 0.5) is 0 Å². The number of hydrogen-bond donors (Lipinski definition) is 2. The summed E-state index contributed by atoms with van der Waals surface area (Å²) < 4.78 is 1.08. The average Bonchev–Trinajstić information content (AvgIpc) is 2.62. The Morgan fingerprint density at radius 1 is 1.37 bits per heavy atom. The molecule has 1 aromatic carbocycles. The van der Waals surface area contributed by atoms with E-state index >= 15 is 0 Å². The topological polar surface area (TPSA) is 41.1 Å². The summed E-state index contributed by atoms with van der Waals surface area (Å²) in [5, 5.41) is 6.48. The summed E-state index contributed by atoms with van der Waals surface area (Å²) in [5.41, 5.74) is 1.24. The van der Waals surface area contributed by atoms with E-state index in [1.807, 2.05) is 12.1 Å². The molecule has 1 aliphatic rings. The Balaban J connectivity index is 2.05. The van der Waals surface area contributed by atoms with Crippen LogP contribution in [0.5, 0.6) is 0 Å². The SMILES string of the molecule is CCC(NC1CCCCNC1=O)c1ccc(Br)cc1. The third kappa shape index (κ3) is 4.05. The van der Waals surface area contributed by atoms with Crippen molar-refractivity contribution in [3.05, 3.63) is 34.3 Å². The minimum Gasteiger partial charge on any atom is -0.355 e. The zero-order chi connectivity index (χ0) is 13.7. The predicted molar refractivity (Wildman–Crippen MR) is 81.0 cm³/mol. The molecule has 1 amide bonds. The van der Waals surface area contributed by atoms with Crippen LogP contribution in [0.2, 0.25) is 0 Å². The maximum Gasteiger partial charge on any atom is 0.237 e. The zero-order valence-electron chi connectivity index (χ0n) is 11.3. The molecular formula is C15H21BrN2O. The molecule has 0 radical (unpaired) electrons. The van der Waals surface area contributed by atoms with Crippen LogP contribution in [-0.4, -0.2) is 18.5 Å². The van der Waals surface area contributed by atoms with Gasteiger partial charge in [0.1, 0.15) is 0 Å². The first-order valence-corrected chi connectivity index (χ1v) is 7.79. The van der Waals surface area contributed by atoms with Crippen LogP contribution in [-0.2, 0) is 4.79 Å². The maximum absolute atomic E-state index is 12.0. The van der Waals surface area contributed by atoms with Crippen molar-refractivity contribution in [2.24, 2.45) is 0 Å². The number of carbonyl (C=O) groups is 1. The summed E-state index contributed by atoms with van der Waals surface area (Å²) in [7, 11) is 0. The number of carbonyl (C=O) groups excluding carboxylic acids is 1. The Hall–Kier alpha value is -0.870. The molecule has 3 nitrogen and oxygen atoms in total. The molecule has 1 saturated heterocycles. The van der Waals surface area contributed by atoms with Gasteiger partial charge in [-0.1, -0.05) is 35.0 Å². The third-order valence-electron chi connectivity index (χ3n) is 3.62. The van der Waals surface area contributed by atoms with Crippen molar-refractivity contribution < 1.29 is 4.79 Å². The molecule has 104 valence electrons. The smallest absolute Gasteiger partial charge is 0.237 e. The van der Waals surface area contributed by atoms with Gasteiger partial charge >= 0.3 is 0 Å². The fraction of sp³-hybridized carbons (Fsp3) is 0.533. The van der Waals surface area contributed by atoms with Crippen molar-refractivity contribution in [1.82, 2.24) is 10.6 Å². The molecule has 1 heterocycles. The Morgan fingerprint density at radius 2 is 2.11 bits per heavy atom. The molecule has 2 unspecified atom stereocenters. The predicted octanol–water partition coefficient (Wildman–Crippen LogP) is 3.16. The lowest BCUT2D eigenvalue weighted by atomic mass is 10.0. The fourth-order valence-corrected chi connectivity index (χ4v) is 2.75. The van der Waals surface area contributed by atoms with Gasteiger partial charge in [-0.3, -0.25) is 10.1 Å². The average molecular weight is 325 g/mol. The van der Waals surface area contributed by atoms with E-state index in [9.17, 15) is 4.79 Å². The van der Waals surface area contributed by atoms with Gasteiger partial charge < -0.3 is 5.32 Å². The number of halogens is 1. The highest BCUT2D eigenvalue weighted by atomic mass is 79.9. The van der Waals surface area contributed by atoms with E-state index in [4.69, 9.17) is 0 Å². The summed E-state index contributed by atoms with van der Waals surface area (Å²) in [6.07, 6.45) is 4.09. The molecule has 19 heavy (non-hydrogen) atoms. The summed E-state index contributed by atoms with van der Waals surface area (Å²) >= 11 is 3.45. The molecule has 1 aromatic rings. The molecule has 1 aliphatic heterocycles. The van der Waals surface area contributed by atoms with Crippen LogP contribution < -0.4 is 10.6 Å². The van der Waals surface area contributed by atoms with Crippen molar-refractivity contribution in [3.8, 4) is 0 Å². The van der Waals surface area contributed by atoms with Gasteiger partial charge in [-0.25, -0.2) is 0 Å². The first-order valence-electron chi connectivity index (χ1n) is 7.00. The van der Waals surface area contributed by atoms with Gasteiger partial charge in [0.15, 0.2) is 0 Å². The summed E-state index contributed by atoms with van der Waals surface area (Å²) in [6, 6.07) is 8.50. The highest BCUT2D eigenvalue weighted by molar-refractivity contribution is 9.10. The number of benzene rings is 1. The lowest BCUT2D eigenvalue weighted by molar-refractivity contribution is -0.123. The number of amides is 1. The molecule has 1 fully saturated rings. The summed E-state index contributed by atoms with van der Waals surface area (Å²) in [6.45, 7) is 2.96. The maximum atomic E-state index is 12.0. The highest BCUT2D eigenvalue weighted by Gasteiger charge is 2.23. The molecule has 0 spiro atoms. The van der Waals surface area contributed by atoms with Crippen LogP contribution in [0.3, 0.4) is 0 Å². The van der Waals surface area contributed by atoms with Gasteiger partial charge in [0.2, 0.25) is 5.91 Å². The quantitative estimate of drug-likeness (QED) is 0.893. The normalized spacial score (nSPS) is 21.6. The van der Waals surface area contributed by atoms with E-state index in [1.54, 1.807) is 0 Å². The number of nitrogens with one attached hydrogen (secondary N) is 2. The standard InChI is InChI=1S/C15H21BrN2O/c1-2-13(11-6-8-12(16)9-7-11)18-14-5-3-4-10-17-15(14)19/h6-9,13-14,18H,2-5,10H2,1H3,(H,17,19). The van der Waals surface area contributed by atoms with Gasteiger partial charge in [-0.05, 0) is 43.4 Å². The minimum absolute atomic E-state index is 0.0592. The van der Waals surface area contributed by atoms with E-state index in [1.165, 1.54) is 5.56 Å². The molecule has 0 aromatic heterocycles. The van der Waals surface area contributed by atoms with Gasteiger partial charge in [-0.15, -0.1) is 0 Å². The molecule has 2 rings (SSSR count). The Morgan fingerprint density at radius 3 is 2.79 bits per heavy atom. The fourth-order valence-electron chi connectivity index (χ4n) is 2.49. The van der Waals surface area contributed by atoms with Crippen LogP contribution in [0.25, 0.3) is 0 Å². The minimum atomic E-state index is -0.0592. The third-order valence-corrected chi connectivity index (χ3v) is 4.15.